The first kappa shape index (κ1) is 11.0. The molecular weight excluding hydrogens is 220 g/mol. The summed E-state index contributed by atoms with van der Waals surface area (Å²) in [5, 5.41) is 6.44. The Morgan fingerprint density at radius 3 is 2.94 bits per heavy atom. The number of anilines is 1. The zero-order valence-corrected chi connectivity index (χ0v) is 10.2. The maximum absolute atomic E-state index is 4.29. The summed E-state index contributed by atoms with van der Waals surface area (Å²) in [4.78, 5) is 12.5. The minimum absolute atomic E-state index is 0.398. The van der Waals surface area contributed by atoms with Crippen molar-refractivity contribution in [1.82, 2.24) is 15.0 Å². The standard InChI is InChI=1S/C11H14N4S/c1-8(11-12-3-4-16-11)6-13-10-5-9(2)14-7-15-10/h3-5,7-8H,6H2,1-2H3,(H,13,14,15). The van der Waals surface area contributed by atoms with Gasteiger partial charge in [-0.25, -0.2) is 15.0 Å². The second kappa shape index (κ2) is 5.03. The van der Waals surface area contributed by atoms with E-state index in [1.807, 2.05) is 24.6 Å². The van der Waals surface area contributed by atoms with Gasteiger partial charge in [-0.1, -0.05) is 6.92 Å². The zero-order valence-electron chi connectivity index (χ0n) is 9.34. The van der Waals surface area contributed by atoms with Crippen LogP contribution in [0.5, 0.6) is 0 Å². The smallest absolute Gasteiger partial charge is 0.129 e. The Morgan fingerprint density at radius 1 is 1.38 bits per heavy atom. The fraction of sp³-hybridized carbons (Fsp3) is 0.364. The SMILES string of the molecule is Cc1cc(NCC(C)c2nccs2)ncn1. The highest BCUT2D eigenvalue weighted by Gasteiger charge is 2.07. The molecule has 5 heteroatoms. The first-order valence-electron chi connectivity index (χ1n) is 5.17. The molecule has 2 rings (SSSR count). The summed E-state index contributed by atoms with van der Waals surface area (Å²) in [5.74, 6) is 1.27. The van der Waals surface area contributed by atoms with Crippen molar-refractivity contribution < 1.29 is 0 Å². The number of rotatable bonds is 4. The van der Waals surface area contributed by atoms with Crippen molar-refractivity contribution >= 4 is 17.2 Å². The molecule has 0 radical (unpaired) electrons. The van der Waals surface area contributed by atoms with E-state index in [1.54, 1.807) is 17.7 Å². The van der Waals surface area contributed by atoms with Crippen molar-refractivity contribution in [2.45, 2.75) is 19.8 Å². The number of thiazole rings is 1. The van der Waals surface area contributed by atoms with Crippen LogP contribution < -0.4 is 5.32 Å². The van der Waals surface area contributed by atoms with Crippen LogP contribution in [0.25, 0.3) is 0 Å². The highest BCUT2D eigenvalue weighted by Crippen LogP contribution is 2.17. The molecule has 2 heterocycles. The fourth-order valence-corrected chi connectivity index (χ4v) is 2.07. The van der Waals surface area contributed by atoms with Crippen molar-refractivity contribution in [3.63, 3.8) is 0 Å². The number of aryl methyl sites for hydroxylation is 1. The highest BCUT2D eigenvalue weighted by molar-refractivity contribution is 7.09. The van der Waals surface area contributed by atoms with Crippen LogP contribution in [0.1, 0.15) is 23.5 Å². The summed E-state index contributed by atoms with van der Waals surface area (Å²) in [6.07, 6.45) is 3.41. The molecule has 16 heavy (non-hydrogen) atoms. The minimum Gasteiger partial charge on any atom is -0.369 e. The molecule has 0 saturated heterocycles. The number of nitrogens with zero attached hydrogens (tertiary/aromatic N) is 3. The molecule has 2 aromatic rings. The first-order valence-corrected chi connectivity index (χ1v) is 6.05. The summed E-state index contributed by atoms with van der Waals surface area (Å²) >= 11 is 1.69. The van der Waals surface area contributed by atoms with Crippen LogP contribution in [0.3, 0.4) is 0 Å². The van der Waals surface area contributed by atoms with Crippen LogP contribution in [0.2, 0.25) is 0 Å². The van der Waals surface area contributed by atoms with Crippen molar-refractivity contribution in [2.24, 2.45) is 0 Å². The van der Waals surface area contributed by atoms with E-state index in [4.69, 9.17) is 0 Å². The third-order valence-electron chi connectivity index (χ3n) is 2.27. The summed E-state index contributed by atoms with van der Waals surface area (Å²) in [6, 6.07) is 1.94. The molecule has 0 bridgehead atoms. The molecule has 0 aromatic carbocycles. The second-order valence-electron chi connectivity index (χ2n) is 3.70. The molecule has 1 atom stereocenters. The van der Waals surface area contributed by atoms with E-state index in [-0.39, 0.29) is 0 Å². The van der Waals surface area contributed by atoms with Crippen molar-refractivity contribution in [3.8, 4) is 0 Å². The fourth-order valence-electron chi connectivity index (χ4n) is 1.37. The Bertz CT molecular complexity index is 441. The second-order valence-corrected chi connectivity index (χ2v) is 4.62. The first-order chi connectivity index (χ1) is 7.75. The molecule has 0 spiro atoms. The highest BCUT2D eigenvalue weighted by atomic mass is 32.1. The molecule has 0 aliphatic heterocycles. The van der Waals surface area contributed by atoms with Crippen molar-refractivity contribution in [1.29, 1.82) is 0 Å². The summed E-state index contributed by atoms with van der Waals surface area (Å²) in [5.41, 5.74) is 0.972. The lowest BCUT2D eigenvalue weighted by atomic mass is 10.2. The van der Waals surface area contributed by atoms with Crippen LogP contribution in [-0.2, 0) is 0 Å². The molecule has 0 amide bonds. The van der Waals surface area contributed by atoms with Gasteiger partial charge in [0.1, 0.15) is 12.1 Å². The third-order valence-corrected chi connectivity index (χ3v) is 3.27. The molecule has 1 N–H and O–H groups in total. The lowest BCUT2D eigenvalue weighted by Crippen LogP contribution is -2.10. The number of hydrogen-bond acceptors (Lipinski definition) is 5. The number of aromatic nitrogens is 3. The summed E-state index contributed by atoms with van der Waals surface area (Å²) in [6.45, 7) is 4.95. The van der Waals surface area contributed by atoms with Gasteiger partial charge in [0.15, 0.2) is 0 Å². The van der Waals surface area contributed by atoms with Crippen molar-refractivity contribution in [3.05, 3.63) is 34.7 Å². The van der Waals surface area contributed by atoms with Crippen molar-refractivity contribution in [2.75, 3.05) is 11.9 Å². The van der Waals surface area contributed by atoms with Crippen LogP contribution in [0, 0.1) is 6.92 Å². The van der Waals surface area contributed by atoms with Gasteiger partial charge >= 0.3 is 0 Å². The Hall–Kier alpha value is -1.49. The van der Waals surface area contributed by atoms with E-state index < -0.39 is 0 Å². The lowest BCUT2D eigenvalue weighted by Gasteiger charge is -2.10. The largest absolute Gasteiger partial charge is 0.369 e. The van der Waals surface area contributed by atoms with Gasteiger partial charge in [-0.15, -0.1) is 11.3 Å². The van der Waals surface area contributed by atoms with Crippen LogP contribution in [0.15, 0.2) is 24.0 Å². The zero-order chi connectivity index (χ0) is 11.4. The normalized spacial score (nSPS) is 12.4. The molecule has 0 aliphatic carbocycles. The van der Waals surface area contributed by atoms with Gasteiger partial charge in [0.05, 0.1) is 5.01 Å². The summed E-state index contributed by atoms with van der Waals surface area (Å²) in [7, 11) is 0. The molecular formula is C11H14N4S. The van der Waals surface area contributed by atoms with Crippen LogP contribution >= 0.6 is 11.3 Å². The van der Waals surface area contributed by atoms with Gasteiger partial charge in [-0.05, 0) is 6.92 Å². The Balaban J connectivity index is 1.92. The maximum Gasteiger partial charge on any atom is 0.129 e. The van der Waals surface area contributed by atoms with E-state index >= 15 is 0 Å². The van der Waals surface area contributed by atoms with E-state index in [9.17, 15) is 0 Å². The Kier molecular flexibility index (Phi) is 3.46. The molecule has 0 fully saturated rings. The number of hydrogen-bond donors (Lipinski definition) is 1. The monoisotopic (exact) mass is 234 g/mol. The van der Waals surface area contributed by atoms with Gasteiger partial charge in [-0.3, -0.25) is 0 Å². The quantitative estimate of drug-likeness (QED) is 0.883. The average Bonchev–Trinajstić information content (AvgIpc) is 2.79. The van der Waals surface area contributed by atoms with E-state index in [2.05, 4.69) is 27.2 Å². The molecule has 84 valence electrons. The Morgan fingerprint density at radius 2 is 2.25 bits per heavy atom. The van der Waals surface area contributed by atoms with Gasteiger partial charge in [0, 0.05) is 35.8 Å². The van der Waals surface area contributed by atoms with E-state index in [0.717, 1.165) is 23.1 Å². The maximum atomic E-state index is 4.29. The van der Waals surface area contributed by atoms with Gasteiger partial charge in [0.2, 0.25) is 0 Å². The predicted octanol–water partition coefficient (Wildman–Crippen LogP) is 2.46. The lowest BCUT2D eigenvalue weighted by molar-refractivity contribution is 0.791. The molecule has 1 unspecified atom stereocenters. The van der Waals surface area contributed by atoms with Crippen LogP contribution in [0.4, 0.5) is 5.82 Å². The molecule has 0 aliphatic rings. The van der Waals surface area contributed by atoms with Crippen LogP contribution in [-0.4, -0.2) is 21.5 Å². The van der Waals surface area contributed by atoms with E-state index in [0.29, 0.717) is 5.92 Å². The Labute approximate surface area is 98.8 Å². The van der Waals surface area contributed by atoms with Gasteiger partial charge < -0.3 is 5.32 Å². The number of nitrogens with one attached hydrogen (secondary N) is 1. The minimum atomic E-state index is 0.398. The summed E-state index contributed by atoms with van der Waals surface area (Å²) < 4.78 is 0. The van der Waals surface area contributed by atoms with E-state index in [1.165, 1.54) is 0 Å². The molecule has 2 aromatic heterocycles. The van der Waals surface area contributed by atoms with Gasteiger partial charge in [-0.2, -0.15) is 0 Å². The van der Waals surface area contributed by atoms with Gasteiger partial charge in [0.25, 0.3) is 0 Å². The topological polar surface area (TPSA) is 50.7 Å². The third kappa shape index (κ3) is 2.76. The average molecular weight is 234 g/mol. The molecule has 0 saturated carbocycles. The molecule has 4 nitrogen and oxygen atoms in total. The predicted molar refractivity (Wildman–Crippen MR) is 65.8 cm³/mol.